The minimum atomic E-state index is -0.284. The molecular formula is C8H9ClO2S. The summed E-state index contributed by atoms with van der Waals surface area (Å²) in [4.78, 5) is 11.7. The number of hydrogen-bond acceptors (Lipinski definition) is 3. The fraction of sp³-hybridized carbons (Fsp3) is 0.375. The number of halogens is 1. The molecular weight excluding hydrogens is 196 g/mol. The number of carbonyl (C=O) groups is 1. The maximum Gasteiger partial charge on any atom is 0.348 e. The van der Waals surface area contributed by atoms with Crippen LogP contribution in [0.4, 0.5) is 0 Å². The molecule has 1 aromatic rings. The van der Waals surface area contributed by atoms with Crippen LogP contribution in [0, 0.1) is 0 Å². The standard InChI is InChI=1S/C8H9ClO2S/c1-2-5-11-8(10)6-3-4-7(9)12-6/h3-4H,2,5H2,1H3. The van der Waals surface area contributed by atoms with Crippen molar-refractivity contribution in [3.63, 3.8) is 0 Å². The van der Waals surface area contributed by atoms with Crippen LogP contribution in [0.5, 0.6) is 0 Å². The predicted octanol–water partition coefficient (Wildman–Crippen LogP) is 2.97. The summed E-state index contributed by atoms with van der Waals surface area (Å²) < 4.78 is 5.51. The Labute approximate surface area is 80.1 Å². The van der Waals surface area contributed by atoms with Crippen LogP contribution in [-0.4, -0.2) is 12.6 Å². The quantitative estimate of drug-likeness (QED) is 0.708. The first kappa shape index (κ1) is 9.55. The molecule has 0 atom stereocenters. The van der Waals surface area contributed by atoms with E-state index < -0.39 is 0 Å². The Bertz CT molecular complexity index is 270. The smallest absolute Gasteiger partial charge is 0.348 e. The van der Waals surface area contributed by atoms with E-state index in [1.807, 2.05) is 6.92 Å². The molecule has 66 valence electrons. The van der Waals surface area contributed by atoms with E-state index >= 15 is 0 Å². The van der Waals surface area contributed by atoms with Crippen molar-refractivity contribution in [3.05, 3.63) is 21.3 Å². The average Bonchev–Trinajstić information content (AvgIpc) is 2.47. The van der Waals surface area contributed by atoms with Gasteiger partial charge in [-0.1, -0.05) is 18.5 Å². The van der Waals surface area contributed by atoms with Gasteiger partial charge >= 0.3 is 5.97 Å². The number of rotatable bonds is 3. The number of hydrogen-bond donors (Lipinski definition) is 0. The van der Waals surface area contributed by atoms with Gasteiger partial charge in [-0.05, 0) is 18.6 Å². The van der Waals surface area contributed by atoms with Crippen LogP contribution in [-0.2, 0) is 4.74 Å². The first-order valence-electron chi connectivity index (χ1n) is 3.66. The zero-order chi connectivity index (χ0) is 8.97. The molecule has 0 amide bonds. The van der Waals surface area contributed by atoms with Crippen molar-refractivity contribution >= 4 is 28.9 Å². The predicted molar refractivity (Wildman–Crippen MR) is 49.9 cm³/mol. The van der Waals surface area contributed by atoms with Crippen LogP contribution < -0.4 is 0 Å². The first-order valence-corrected chi connectivity index (χ1v) is 4.86. The van der Waals surface area contributed by atoms with Crippen molar-refractivity contribution in [2.75, 3.05) is 6.61 Å². The Hall–Kier alpha value is -0.540. The van der Waals surface area contributed by atoms with Crippen molar-refractivity contribution in [2.24, 2.45) is 0 Å². The van der Waals surface area contributed by atoms with Gasteiger partial charge in [0.25, 0.3) is 0 Å². The Morgan fingerprint density at radius 1 is 1.67 bits per heavy atom. The van der Waals surface area contributed by atoms with Crippen molar-refractivity contribution in [1.82, 2.24) is 0 Å². The van der Waals surface area contributed by atoms with Crippen LogP contribution >= 0.6 is 22.9 Å². The van der Waals surface area contributed by atoms with Crippen LogP contribution in [0.25, 0.3) is 0 Å². The van der Waals surface area contributed by atoms with Crippen molar-refractivity contribution in [3.8, 4) is 0 Å². The third kappa shape index (κ3) is 2.50. The van der Waals surface area contributed by atoms with Gasteiger partial charge in [0.1, 0.15) is 4.88 Å². The molecule has 2 nitrogen and oxygen atoms in total. The normalized spacial score (nSPS) is 9.83. The van der Waals surface area contributed by atoms with Crippen molar-refractivity contribution in [1.29, 1.82) is 0 Å². The van der Waals surface area contributed by atoms with E-state index in [0.717, 1.165) is 6.42 Å². The van der Waals surface area contributed by atoms with Crippen molar-refractivity contribution < 1.29 is 9.53 Å². The molecule has 1 rings (SSSR count). The molecule has 0 radical (unpaired) electrons. The van der Waals surface area contributed by atoms with Gasteiger partial charge in [0.15, 0.2) is 0 Å². The van der Waals surface area contributed by atoms with E-state index in [4.69, 9.17) is 16.3 Å². The molecule has 0 bridgehead atoms. The van der Waals surface area contributed by atoms with E-state index in [0.29, 0.717) is 15.8 Å². The molecule has 0 aliphatic carbocycles. The van der Waals surface area contributed by atoms with Gasteiger partial charge in [-0.3, -0.25) is 0 Å². The summed E-state index contributed by atoms with van der Waals surface area (Å²) >= 11 is 6.89. The molecule has 0 unspecified atom stereocenters. The summed E-state index contributed by atoms with van der Waals surface area (Å²) in [6.45, 7) is 2.42. The third-order valence-corrected chi connectivity index (χ3v) is 2.42. The average molecular weight is 205 g/mol. The van der Waals surface area contributed by atoms with Crippen LogP contribution in [0.1, 0.15) is 23.0 Å². The van der Waals surface area contributed by atoms with E-state index in [9.17, 15) is 4.79 Å². The lowest BCUT2D eigenvalue weighted by Crippen LogP contribution is -2.03. The lowest BCUT2D eigenvalue weighted by Gasteiger charge is -1.98. The highest BCUT2D eigenvalue weighted by Gasteiger charge is 2.08. The third-order valence-electron chi connectivity index (χ3n) is 1.21. The summed E-state index contributed by atoms with van der Waals surface area (Å²) in [5.74, 6) is -0.284. The monoisotopic (exact) mass is 204 g/mol. The van der Waals surface area contributed by atoms with Gasteiger partial charge in [-0.15, -0.1) is 11.3 Å². The topological polar surface area (TPSA) is 26.3 Å². The Morgan fingerprint density at radius 3 is 2.92 bits per heavy atom. The van der Waals surface area contributed by atoms with Crippen LogP contribution in [0.2, 0.25) is 4.34 Å². The summed E-state index contributed by atoms with van der Waals surface area (Å²) in [5, 5.41) is 0. The highest BCUT2D eigenvalue weighted by atomic mass is 35.5. The van der Waals surface area contributed by atoms with Gasteiger partial charge in [-0.25, -0.2) is 4.79 Å². The number of esters is 1. The highest BCUT2D eigenvalue weighted by molar-refractivity contribution is 7.17. The molecule has 12 heavy (non-hydrogen) atoms. The molecule has 1 aromatic heterocycles. The second kappa shape index (κ2) is 4.48. The van der Waals surface area contributed by atoms with Gasteiger partial charge in [0, 0.05) is 0 Å². The van der Waals surface area contributed by atoms with E-state index in [1.165, 1.54) is 11.3 Å². The fourth-order valence-corrected chi connectivity index (χ4v) is 1.63. The summed E-state index contributed by atoms with van der Waals surface area (Å²) in [6, 6.07) is 3.36. The number of ether oxygens (including phenoxy) is 1. The molecule has 0 fully saturated rings. The van der Waals surface area contributed by atoms with Crippen molar-refractivity contribution in [2.45, 2.75) is 13.3 Å². The Balaban J connectivity index is 2.53. The second-order valence-corrected chi connectivity index (χ2v) is 3.95. The number of carbonyl (C=O) groups excluding carboxylic acids is 1. The molecule has 0 aliphatic rings. The van der Waals surface area contributed by atoms with Crippen LogP contribution in [0.15, 0.2) is 12.1 Å². The minimum Gasteiger partial charge on any atom is -0.462 e. The largest absolute Gasteiger partial charge is 0.462 e. The molecule has 1 heterocycles. The number of thiophene rings is 1. The van der Waals surface area contributed by atoms with E-state index in [1.54, 1.807) is 12.1 Å². The zero-order valence-corrected chi connectivity index (χ0v) is 8.24. The van der Waals surface area contributed by atoms with Gasteiger partial charge in [0.2, 0.25) is 0 Å². The van der Waals surface area contributed by atoms with E-state index in [-0.39, 0.29) is 5.97 Å². The summed E-state index contributed by atoms with van der Waals surface area (Å²) in [5.41, 5.74) is 0. The molecule has 0 aliphatic heterocycles. The molecule has 0 saturated carbocycles. The maximum absolute atomic E-state index is 11.1. The zero-order valence-electron chi connectivity index (χ0n) is 6.67. The Morgan fingerprint density at radius 2 is 2.42 bits per heavy atom. The molecule has 4 heteroatoms. The second-order valence-electron chi connectivity index (χ2n) is 2.24. The molecule has 0 saturated heterocycles. The van der Waals surface area contributed by atoms with Gasteiger partial charge in [-0.2, -0.15) is 0 Å². The minimum absolute atomic E-state index is 0.284. The molecule has 0 N–H and O–H groups in total. The molecule has 0 spiro atoms. The highest BCUT2D eigenvalue weighted by Crippen LogP contribution is 2.21. The maximum atomic E-state index is 11.1. The SMILES string of the molecule is CCCOC(=O)c1ccc(Cl)s1. The molecule has 0 aromatic carbocycles. The lowest BCUT2D eigenvalue weighted by molar-refractivity contribution is 0.0511. The lowest BCUT2D eigenvalue weighted by atomic mass is 10.5. The summed E-state index contributed by atoms with van der Waals surface area (Å²) in [7, 11) is 0. The van der Waals surface area contributed by atoms with Crippen LogP contribution in [0.3, 0.4) is 0 Å². The summed E-state index contributed by atoms with van der Waals surface area (Å²) in [6.07, 6.45) is 0.838. The van der Waals surface area contributed by atoms with Gasteiger partial charge < -0.3 is 4.74 Å². The fourth-order valence-electron chi connectivity index (χ4n) is 0.690. The van der Waals surface area contributed by atoms with Gasteiger partial charge in [0.05, 0.1) is 10.9 Å². The van der Waals surface area contributed by atoms with E-state index in [2.05, 4.69) is 0 Å². The first-order chi connectivity index (χ1) is 5.74. The Kier molecular flexibility index (Phi) is 3.56.